The van der Waals surface area contributed by atoms with E-state index in [2.05, 4.69) is 17.4 Å². The summed E-state index contributed by atoms with van der Waals surface area (Å²) in [4.78, 5) is 18.2. The molecule has 4 aromatic rings. The van der Waals surface area contributed by atoms with Crippen LogP contribution in [-0.4, -0.2) is 24.0 Å². The molecule has 0 saturated carbocycles. The molecule has 0 aliphatic carbocycles. The Morgan fingerprint density at radius 3 is 2.58 bits per heavy atom. The summed E-state index contributed by atoms with van der Waals surface area (Å²) in [5.41, 5.74) is 3.63. The Morgan fingerprint density at radius 2 is 1.87 bits per heavy atom. The first-order chi connectivity index (χ1) is 15.2. The summed E-state index contributed by atoms with van der Waals surface area (Å²) in [7, 11) is 1.64. The number of furan rings is 1. The minimum atomic E-state index is -0.395. The molecule has 0 spiro atoms. The van der Waals surface area contributed by atoms with Crippen LogP contribution in [0.5, 0.6) is 5.75 Å². The third-order valence-electron chi connectivity index (χ3n) is 5.45. The van der Waals surface area contributed by atoms with E-state index < -0.39 is 6.04 Å². The average Bonchev–Trinajstić information content (AvgIpc) is 3.43. The van der Waals surface area contributed by atoms with Gasteiger partial charge in [0.15, 0.2) is 0 Å². The number of benzene rings is 2. The number of nitrogens with one attached hydrogen (secondary N) is 1. The van der Waals surface area contributed by atoms with Crippen molar-refractivity contribution in [3.05, 3.63) is 96.2 Å². The summed E-state index contributed by atoms with van der Waals surface area (Å²) >= 11 is 0. The SMILES string of the molecule is COc1ccc(-c2c[n+]3c(c(Cc4ccccc4)n2)NC(Cc2ccco2)C3=O)cc1. The summed E-state index contributed by atoms with van der Waals surface area (Å²) in [5.74, 6) is 2.27. The maximum absolute atomic E-state index is 13.2. The predicted molar refractivity (Wildman–Crippen MR) is 116 cm³/mol. The maximum atomic E-state index is 13.2. The Morgan fingerprint density at radius 1 is 1.06 bits per heavy atom. The molecule has 0 saturated heterocycles. The van der Waals surface area contributed by atoms with Crippen LogP contribution < -0.4 is 14.6 Å². The van der Waals surface area contributed by atoms with Crippen molar-refractivity contribution >= 4 is 11.7 Å². The number of carbonyl (C=O) groups excluding carboxylic acids is 1. The molecule has 154 valence electrons. The van der Waals surface area contributed by atoms with E-state index in [1.165, 1.54) is 0 Å². The molecule has 2 aromatic carbocycles. The van der Waals surface area contributed by atoms with Gasteiger partial charge in [-0.05, 0) is 42.0 Å². The zero-order valence-corrected chi connectivity index (χ0v) is 17.1. The molecule has 0 radical (unpaired) electrons. The van der Waals surface area contributed by atoms with E-state index >= 15 is 0 Å². The fraction of sp³-hybridized carbons (Fsp3) is 0.160. The van der Waals surface area contributed by atoms with E-state index in [9.17, 15) is 4.79 Å². The van der Waals surface area contributed by atoms with Gasteiger partial charge in [0.05, 0.1) is 19.8 Å². The van der Waals surface area contributed by atoms with Gasteiger partial charge in [-0.1, -0.05) is 30.3 Å². The molecule has 1 N–H and O–H groups in total. The first-order valence-electron chi connectivity index (χ1n) is 10.2. The van der Waals surface area contributed by atoms with E-state index in [-0.39, 0.29) is 5.91 Å². The van der Waals surface area contributed by atoms with Gasteiger partial charge in [-0.15, -0.1) is 0 Å². The lowest BCUT2D eigenvalue weighted by atomic mass is 10.1. The topological polar surface area (TPSA) is 68.2 Å². The van der Waals surface area contributed by atoms with Gasteiger partial charge in [-0.3, -0.25) is 5.32 Å². The molecule has 6 heteroatoms. The monoisotopic (exact) mass is 412 g/mol. The molecule has 5 rings (SSSR count). The average molecular weight is 412 g/mol. The third-order valence-corrected chi connectivity index (χ3v) is 5.45. The summed E-state index contributed by atoms with van der Waals surface area (Å²) in [6.07, 6.45) is 4.53. The predicted octanol–water partition coefficient (Wildman–Crippen LogP) is 3.91. The Balaban J connectivity index is 1.55. The minimum absolute atomic E-state index is 0.0159. The second kappa shape index (κ2) is 8.07. The normalized spacial score (nSPS) is 14.9. The number of fused-ring (bicyclic) bond motifs is 1. The molecule has 0 bridgehead atoms. The maximum Gasteiger partial charge on any atom is 0.359 e. The van der Waals surface area contributed by atoms with E-state index in [0.717, 1.165) is 39.8 Å². The van der Waals surface area contributed by atoms with E-state index in [0.29, 0.717) is 12.8 Å². The van der Waals surface area contributed by atoms with Crippen LogP contribution in [0.4, 0.5) is 5.82 Å². The first-order valence-corrected chi connectivity index (χ1v) is 10.2. The number of ether oxygens (including phenoxy) is 1. The van der Waals surface area contributed by atoms with Crippen molar-refractivity contribution in [2.24, 2.45) is 0 Å². The third kappa shape index (κ3) is 3.80. The molecular weight excluding hydrogens is 390 g/mol. The van der Waals surface area contributed by atoms with Crippen molar-refractivity contribution in [1.29, 1.82) is 0 Å². The lowest BCUT2D eigenvalue weighted by molar-refractivity contribution is -0.552. The van der Waals surface area contributed by atoms with Crippen molar-refractivity contribution < 1.29 is 18.5 Å². The Kier molecular flexibility index (Phi) is 4.96. The van der Waals surface area contributed by atoms with Crippen LogP contribution in [0.3, 0.4) is 0 Å². The van der Waals surface area contributed by atoms with Gasteiger partial charge in [0.25, 0.3) is 0 Å². The highest BCUT2D eigenvalue weighted by Crippen LogP contribution is 2.26. The highest BCUT2D eigenvalue weighted by Gasteiger charge is 2.41. The van der Waals surface area contributed by atoms with Crippen LogP contribution in [-0.2, 0) is 12.8 Å². The first kappa shape index (κ1) is 19.1. The van der Waals surface area contributed by atoms with Crippen LogP contribution in [0.15, 0.2) is 83.6 Å². The molecule has 1 aliphatic rings. The number of hydrogen-bond acceptors (Lipinski definition) is 5. The van der Waals surface area contributed by atoms with Gasteiger partial charge in [-0.25, -0.2) is 9.78 Å². The number of aromatic nitrogens is 2. The Bertz CT molecular complexity index is 1200. The fourth-order valence-corrected chi connectivity index (χ4v) is 3.86. The molecule has 6 nitrogen and oxygen atoms in total. The quantitative estimate of drug-likeness (QED) is 0.487. The van der Waals surface area contributed by atoms with Gasteiger partial charge in [-0.2, -0.15) is 4.57 Å². The largest absolute Gasteiger partial charge is 0.497 e. The van der Waals surface area contributed by atoms with Crippen LogP contribution >= 0.6 is 0 Å². The molecule has 3 heterocycles. The molecule has 2 aromatic heterocycles. The number of anilines is 1. The van der Waals surface area contributed by atoms with E-state index in [4.69, 9.17) is 14.1 Å². The van der Waals surface area contributed by atoms with Gasteiger partial charge in [0, 0.05) is 12.0 Å². The second-order valence-corrected chi connectivity index (χ2v) is 7.50. The van der Waals surface area contributed by atoms with E-state index in [1.54, 1.807) is 17.9 Å². The van der Waals surface area contributed by atoms with Crippen molar-refractivity contribution in [2.45, 2.75) is 18.9 Å². The summed E-state index contributed by atoms with van der Waals surface area (Å²) in [6, 6.07) is 21.2. The summed E-state index contributed by atoms with van der Waals surface area (Å²) < 4.78 is 12.4. The van der Waals surface area contributed by atoms with Crippen molar-refractivity contribution in [3.63, 3.8) is 0 Å². The van der Waals surface area contributed by atoms with Crippen molar-refractivity contribution in [2.75, 3.05) is 12.4 Å². The second-order valence-electron chi connectivity index (χ2n) is 7.50. The van der Waals surface area contributed by atoms with Crippen molar-refractivity contribution in [3.8, 4) is 17.0 Å². The van der Waals surface area contributed by atoms with E-state index in [1.807, 2.05) is 60.8 Å². The van der Waals surface area contributed by atoms with Gasteiger partial charge in [0.1, 0.15) is 29.1 Å². The molecule has 31 heavy (non-hydrogen) atoms. The van der Waals surface area contributed by atoms with Crippen molar-refractivity contribution in [1.82, 2.24) is 4.98 Å². The number of methoxy groups -OCH3 is 1. The van der Waals surface area contributed by atoms with Crippen LogP contribution in [0.1, 0.15) is 21.8 Å². The molecule has 0 fully saturated rings. The lowest BCUT2D eigenvalue weighted by Crippen LogP contribution is -2.44. The van der Waals surface area contributed by atoms with Crippen LogP contribution in [0, 0.1) is 0 Å². The number of rotatable bonds is 6. The number of hydrogen-bond donors (Lipinski definition) is 1. The standard InChI is InChI=1S/C25H21N3O3/c1-30-19-11-9-18(10-12-19)23-16-28-24(21(26-23)14-17-6-3-2-4-7-17)27-22(25(28)29)15-20-8-5-13-31-20/h2-13,16,22H,14-15H2,1H3/p+1. The molecule has 0 amide bonds. The minimum Gasteiger partial charge on any atom is -0.497 e. The van der Waals surface area contributed by atoms with Crippen LogP contribution in [0.25, 0.3) is 11.3 Å². The lowest BCUT2D eigenvalue weighted by Gasteiger charge is -2.08. The van der Waals surface area contributed by atoms with Gasteiger partial charge < -0.3 is 9.15 Å². The Hall–Kier alpha value is -3.93. The number of carbonyl (C=O) groups is 1. The zero-order valence-electron chi connectivity index (χ0n) is 17.1. The molecular formula is C25H22N3O3+. The zero-order chi connectivity index (χ0) is 21.2. The fourth-order valence-electron chi connectivity index (χ4n) is 3.86. The molecule has 1 atom stereocenters. The summed E-state index contributed by atoms with van der Waals surface area (Å²) in [6.45, 7) is 0. The summed E-state index contributed by atoms with van der Waals surface area (Å²) in [5, 5.41) is 3.38. The highest BCUT2D eigenvalue weighted by atomic mass is 16.5. The van der Waals surface area contributed by atoms with Gasteiger partial charge in [0.2, 0.25) is 6.04 Å². The molecule has 1 aliphatic heterocycles. The number of nitrogens with zero attached hydrogens (tertiary/aromatic N) is 2. The smallest absolute Gasteiger partial charge is 0.359 e. The van der Waals surface area contributed by atoms with Crippen LogP contribution in [0.2, 0.25) is 0 Å². The highest BCUT2D eigenvalue weighted by molar-refractivity contribution is 5.82. The molecule has 1 unspecified atom stereocenters. The Labute approximate surface area is 180 Å². The van der Waals surface area contributed by atoms with Gasteiger partial charge >= 0.3 is 11.7 Å².